The van der Waals surface area contributed by atoms with Crippen molar-refractivity contribution in [2.75, 3.05) is 27.2 Å². The number of carbonyl (C=O) groups excluding carboxylic acids is 1. The van der Waals surface area contributed by atoms with E-state index in [4.69, 9.17) is 4.74 Å². The number of amides is 1. The van der Waals surface area contributed by atoms with E-state index in [0.29, 0.717) is 33.9 Å². The first kappa shape index (κ1) is 20.5. The molecule has 9 heteroatoms. The number of nitrogens with zero attached hydrogens (tertiary/aromatic N) is 4. The number of H-pyrrole nitrogens is 1. The summed E-state index contributed by atoms with van der Waals surface area (Å²) in [6.45, 7) is 3.52. The van der Waals surface area contributed by atoms with Crippen molar-refractivity contribution in [3.05, 3.63) is 46.7 Å². The van der Waals surface area contributed by atoms with Crippen LogP contribution in [-0.2, 0) is 0 Å². The first-order chi connectivity index (χ1) is 14.6. The lowest BCUT2D eigenvalue weighted by Crippen LogP contribution is -2.41. The number of piperidine rings is 1. The van der Waals surface area contributed by atoms with Crippen molar-refractivity contribution in [3.63, 3.8) is 0 Å². The highest BCUT2D eigenvalue weighted by Crippen LogP contribution is 2.35. The second-order valence-electron chi connectivity index (χ2n) is 7.58. The van der Waals surface area contributed by atoms with Crippen LogP contribution in [0.1, 0.15) is 39.8 Å². The Balaban J connectivity index is 1.46. The third-order valence-corrected chi connectivity index (χ3v) is 6.77. The molecule has 2 unspecified atom stereocenters. The second kappa shape index (κ2) is 8.93. The standard InChI is InChI=1S/C21H26N6O2S/c1-13-18(30-21(25-13)19-23-12-24-26-19)20(28)22-11-15-5-4-10-27(2)17(15)14-6-8-16(29-3)9-7-14/h6-9,12,15,17H,4-5,10-11H2,1-3H3,(H,22,28)(H,23,24,26). The Bertz CT molecular complexity index is 986. The molecule has 3 heterocycles. The third-order valence-electron chi connectivity index (χ3n) is 5.61. The normalized spacial score (nSPS) is 19.6. The van der Waals surface area contributed by atoms with Gasteiger partial charge in [-0.2, -0.15) is 5.10 Å². The molecule has 0 spiro atoms. The fraction of sp³-hybridized carbons (Fsp3) is 0.429. The number of ether oxygens (including phenoxy) is 1. The minimum Gasteiger partial charge on any atom is -0.497 e. The SMILES string of the molecule is COc1ccc(C2C(CNC(=O)c3sc(-c4ncn[nH]4)nc3C)CCCN2C)cc1. The molecule has 0 saturated carbocycles. The molecule has 1 saturated heterocycles. The van der Waals surface area contributed by atoms with Gasteiger partial charge >= 0.3 is 0 Å². The number of aromatic amines is 1. The van der Waals surface area contributed by atoms with Crippen molar-refractivity contribution in [3.8, 4) is 16.6 Å². The van der Waals surface area contributed by atoms with Gasteiger partial charge in [-0.25, -0.2) is 9.97 Å². The number of benzene rings is 1. The van der Waals surface area contributed by atoms with Gasteiger partial charge in [-0.1, -0.05) is 12.1 Å². The number of nitrogens with one attached hydrogen (secondary N) is 2. The monoisotopic (exact) mass is 426 g/mol. The molecule has 1 fully saturated rings. The molecule has 0 aliphatic carbocycles. The molecule has 1 aliphatic heterocycles. The molecule has 30 heavy (non-hydrogen) atoms. The number of rotatable bonds is 6. The van der Waals surface area contributed by atoms with Crippen molar-refractivity contribution in [1.82, 2.24) is 30.4 Å². The zero-order valence-corrected chi connectivity index (χ0v) is 18.2. The Morgan fingerprint density at radius 3 is 2.87 bits per heavy atom. The number of hydrogen-bond acceptors (Lipinski definition) is 7. The van der Waals surface area contributed by atoms with Gasteiger partial charge in [0.1, 0.15) is 17.0 Å². The largest absolute Gasteiger partial charge is 0.497 e. The Labute approximate surface area is 179 Å². The molecular formula is C21H26N6O2S. The predicted molar refractivity (Wildman–Crippen MR) is 116 cm³/mol. The lowest BCUT2D eigenvalue weighted by Gasteiger charge is -2.39. The van der Waals surface area contributed by atoms with Crippen LogP contribution in [0.5, 0.6) is 5.75 Å². The average Bonchev–Trinajstić information content (AvgIpc) is 3.42. The Morgan fingerprint density at radius 1 is 1.37 bits per heavy atom. The number of hydrogen-bond donors (Lipinski definition) is 2. The summed E-state index contributed by atoms with van der Waals surface area (Å²) in [5, 5.41) is 10.5. The molecule has 8 nitrogen and oxygen atoms in total. The van der Waals surface area contributed by atoms with Gasteiger partial charge in [-0.3, -0.25) is 14.8 Å². The van der Waals surface area contributed by atoms with Crippen LogP contribution in [0.25, 0.3) is 10.8 Å². The van der Waals surface area contributed by atoms with E-state index in [1.165, 1.54) is 23.2 Å². The summed E-state index contributed by atoms with van der Waals surface area (Å²) in [7, 11) is 3.83. The summed E-state index contributed by atoms with van der Waals surface area (Å²) in [4.78, 5) is 24.5. The average molecular weight is 427 g/mol. The smallest absolute Gasteiger partial charge is 0.263 e. The molecule has 2 atom stereocenters. The molecule has 2 N–H and O–H groups in total. The molecule has 158 valence electrons. The molecule has 1 aromatic carbocycles. The summed E-state index contributed by atoms with van der Waals surface area (Å²) >= 11 is 1.33. The molecular weight excluding hydrogens is 400 g/mol. The van der Waals surface area contributed by atoms with Crippen LogP contribution in [0.15, 0.2) is 30.6 Å². The Hall–Kier alpha value is -2.78. The summed E-state index contributed by atoms with van der Waals surface area (Å²) in [5.41, 5.74) is 1.95. The van der Waals surface area contributed by atoms with Crippen LogP contribution < -0.4 is 10.1 Å². The van der Waals surface area contributed by atoms with Crippen molar-refractivity contribution in [1.29, 1.82) is 0 Å². The van der Waals surface area contributed by atoms with E-state index in [-0.39, 0.29) is 11.9 Å². The third kappa shape index (κ3) is 4.22. The Morgan fingerprint density at radius 2 is 2.17 bits per heavy atom. The van der Waals surface area contributed by atoms with Gasteiger partial charge in [-0.05, 0) is 57.0 Å². The van der Waals surface area contributed by atoms with Crippen LogP contribution in [0.4, 0.5) is 0 Å². The number of aromatic nitrogens is 4. The molecule has 4 rings (SSSR count). The van der Waals surface area contributed by atoms with Gasteiger partial charge < -0.3 is 10.1 Å². The first-order valence-electron chi connectivity index (χ1n) is 10.0. The number of aryl methyl sites for hydroxylation is 1. The van der Waals surface area contributed by atoms with E-state index >= 15 is 0 Å². The maximum Gasteiger partial charge on any atom is 0.263 e. The van der Waals surface area contributed by atoms with Crippen molar-refractivity contribution in [2.24, 2.45) is 5.92 Å². The number of likely N-dealkylation sites (tertiary alicyclic amines) is 1. The first-order valence-corrected chi connectivity index (χ1v) is 10.8. The molecule has 0 radical (unpaired) electrons. The molecule has 2 aromatic heterocycles. The summed E-state index contributed by atoms with van der Waals surface area (Å²) in [6, 6.07) is 8.50. The Kier molecular flexibility index (Phi) is 6.10. The quantitative estimate of drug-likeness (QED) is 0.629. The van der Waals surface area contributed by atoms with E-state index < -0.39 is 0 Å². The number of carbonyl (C=O) groups is 1. The highest BCUT2D eigenvalue weighted by atomic mass is 32.1. The van der Waals surface area contributed by atoms with Gasteiger partial charge in [0.25, 0.3) is 5.91 Å². The molecule has 3 aromatic rings. The summed E-state index contributed by atoms with van der Waals surface area (Å²) in [6.07, 6.45) is 3.63. The predicted octanol–water partition coefficient (Wildman–Crippen LogP) is 3.06. The van der Waals surface area contributed by atoms with Crippen LogP contribution in [-0.4, -0.2) is 58.2 Å². The fourth-order valence-electron chi connectivity index (χ4n) is 4.12. The van der Waals surface area contributed by atoms with Crippen molar-refractivity contribution in [2.45, 2.75) is 25.8 Å². The van der Waals surface area contributed by atoms with Gasteiger partial charge in [0.2, 0.25) is 0 Å². The van der Waals surface area contributed by atoms with Gasteiger partial charge in [0.15, 0.2) is 10.8 Å². The van der Waals surface area contributed by atoms with E-state index in [1.807, 2.05) is 19.1 Å². The van der Waals surface area contributed by atoms with Crippen LogP contribution in [0.3, 0.4) is 0 Å². The highest BCUT2D eigenvalue weighted by Gasteiger charge is 2.31. The van der Waals surface area contributed by atoms with E-state index in [2.05, 4.69) is 49.6 Å². The van der Waals surface area contributed by atoms with Gasteiger partial charge in [-0.15, -0.1) is 11.3 Å². The minimum atomic E-state index is -0.0857. The van der Waals surface area contributed by atoms with E-state index in [9.17, 15) is 4.79 Å². The maximum atomic E-state index is 12.9. The van der Waals surface area contributed by atoms with Crippen molar-refractivity contribution >= 4 is 17.2 Å². The molecule has 1 amide bonds. The van der Waals surface area contributed by atoms with E-state index in [1.54, 1.807) is 7.11 Å². The summed E-state index contributed by atoms with van der Waals surface area (Å²) < 4.78 is 5.29. The highest BCUT2D eigenvalue weighted by molar-refractivity contribution is 7.17. The number of methoxy groups -OCH3 is 1. The van der Waals surface area contributed by atoms with Crippen LogP contribution in [0, 0.1) is 12.8 Å². The van der Waals surface area contributed by atoms with Crippen LogP contribution in [0.2, 0.25) is 0 Å². The maximum absolute atomic E-state index is 12.9. The van der Waals surface area contributed by atoms with Crippen molar-refractivity contribution < 1.29 is 9.53 Å². The minimum absolute atomic E-state index is 0.0857. The van der Waals surface area contributed by atoms with Gasteiger partial charge in [0, 0.05) is 12.6 Å². The zero-order valence-electron chi connectivity index (χ0n) is 17.4. The summed E-state index contributed by atoms with van der Waals surface area (Å²) in [5.74, 6) is 1.68. The van der Waals surface area contributed by atoms with E-state index in [0.717, 1.165) is 25.1 Å². The number of thiazole rings is 1. The lowest BCUT2D eigenvalue weighted by atomic mass is 9.85. The topological polar surface area (TPSA) is 96.0 Å². The van der Waals surface area contributed by atoms with Crippen LogP contribution >= 0.6 is 11.3 Å². The second-order valence-corrected chi connectivity index (χ2v) is 8.58. The fourth-order valence-corrected chi connectivity index (χ4v) is 5.05. The molecule has 0 bridgehead atoms. The van der Waals surface area contributed by atoms with Gasteiger partial charge in [0.05, 0.1) is 12.8 Å². The lowest BCUT2D eigenvalue weighted by molar-refractivity contribution is 0.0894. The molecule has 1 aliphatic rings. The zero-order chi connectivity index (χ0) is 21.1.